The van der Waals surface area contributed by atoms with Crippen LogP contribution in [0.5, 0.6) is 11.5 Å². The quantitative estimate of drug-likeness (QED) is 0.310. The van der Waals surface area contributed by atoms with Crippen molar-refractivity contribution in [2.45, 2.75) is 38.0 Å². The highest BCUT2D eigenvalue weighted by Gasteiger charge is 2.63. The fourth-order valence-corrected chi connectivity index (χ4v) is 4.71. The number of methoxy groups -OCH3 is 1. The Morgan fingerprint density at radius 2 is 1.90 bits per heavy atom. The van der Waals surface area contributed by atoms with Crippen LogP contribution in [-0.4, -0.2) is 47.6 Å². The number of hydrogen-bond donors (Lipinski definition) is 0. The Balaban J connectivity index is 1.72. The number of ether oxygens (including phenoxy) is 3. The highest BCUT2D eigenvalue weighted by Crippen LogP contribution is 2.51. The van der Waals surface area contributed by atoms with Crippen LogP contribution >= 0.6 is 0 Å². The number of nitrogens with zero attached hydrogens (tertiary/aromatic N) is 2. The Kier molecular flexibility index (Phi) is 4.67. The van der Waals surface area contributed by atoms with Crippen LogP contribution in [0.2, 0.25) is 0 Å². The number of carbonyl (C=O) groups is 2. The summed E-state index contributed by atoms with van der Waals surface area (Å²) in [6.45, 7) is 1.51. The Hall–Kier alpha value is -3.12. The van der Waals surface area contributed by atoms with Crippen molar-refractivity contribution in [2.24, 2.45) is 11.8 Å². The molecular formula is C20H20N2O7. The van der Waals surface area contributed by atoms with Gasteiger partial charge >= 0.3 is 0 Å². The van der Waals surface area contributed by atoms with Gasteiger partial charge in [0.1, 0.15) is 6.61 Å². The Morgan fingerprint density at radius 3 is 2.41 bits per heavy atom. The maximum absolute atomic E-state index is 13.0. The Labute approximate surface area is 167 Å². The first-order valence-electron chi connectivity index (χ1n) is 9.34. The molecule has 9 nitrogen and oxygen atoms in total. The van der Waals surface area contributed by atoms with Gasteiger partial charge < -0.3 is 14.2 Å². The van der Waals surface area contributed by atoms with Gasteiger partial charge in [0.05, 0.1) is 53.7 Å². The van der Waals surface area contributed by atoms with Gasteiger partial charge in [-0.2, -0.15) is 0 Å². The van der Waals surface area contributed by atoms with E-state index in [1.807, 2.05) is 0 Å². The molecule has 2 amide bonds. The fraction of sp³-hybridized carbons (Fsp3) is 0.500. The molecule has 1 aromatic rings. The van der Waals surface area contributed by atoms with Crippen LogP contribution in [0.4, 0.5) is 5.69 Å². The van der Waals surface area contributed by atoms with Crippen LogP contribution in [0.1, 0.15) is 31.4 Å². The summed E-state index contributed by atoms with van der Waals surface area (Å²) >= 11 is 0. The molecule has 0 aromatic heterocycles. The fourth-order valence-electron chi connectivity index (χ4n) is 4.71. The van der Waals surface area contributed by atoms with Crippen LogP contribution in [0.3, 0.4) is 0 Å². The van der Waals surface area contributed by atoms with E-state index in [4.69, 9.17) is 20.6 Å². The summed E-state index contributed by atoms with van der Waals surface area (Å²) in [5.74, 6) is 0.982. The first-order chi connectivity index (χ1) is 13.9. The molecule has 4 rings (SSSR count). The summed E-state index contributed by atoms with van der Waals surface area (Å²) in [6, 6.07) is 1.80. The van der Waals surface area contributed by atoms with Gasteiger partial charge in [-0.05, 0) is 25.8 Å². The summed E-state index contributed by atoms with van der Waals surface area (Å²) in [4.78, 5) is 38.3. The monoisotopic (exact) mass is 400 g/mol. The van der Waals surface area contributed by atoms with Crippen molar-refractivity contribution < 1.29 is 28.7 Å². The van der Waals surface area contributed by atoms with E-state index in [2.05, 4.69) is 5.92 Å². The minimum atomic E-state index is -0.837. The van der Waals surface area contributed by atoms with Gasteiger partial charge in [-0.1, -0.05) is 5.92 Å². The van der Waals surface area contributed by atoms with Gasteiger partial charge in [0.25, 0.3) is 5.69 Å². The van der Waals surface area contributed by atoms with Crippen molar-refractivity contribution in [1.29, 1.82) is 0 Å². The number of benzene rings is 1. The molecule has 0 saturated carbocycles. The molecule has 0 radical (unpaired) electrons. The molecule has 3 aliphatic heterocycles. The lowest BCUT2D eigenvalue weighted by Crippen LogP contribution is -2.36. The van der Waals surface area contributed by atoms with Gasteiger partial charge in [-0.25, -0.2) is 0 Å². The molecule has 0 aliphatic carbocycles. The van der Waals surface area contributed by atoms with Gasteiger partial charge in [0.15, 0.2) is 11.5 Å². The summed E-state index contributed by atoms with van der Waals surface area (Å²) in [6.07, 6.45) is 6.20. The van der Waals surface area contributed by atoms with Crippen LogP contribution in [0.25, 0.3) is 0 Å². The van der Waals surface area contributed by atoms with E-state index < -0.39 is 22.8 Å². The predicted octanol–water partition coefficient (Wildman–Crippen LogP) is 1.84. The van der Waals surface area contributed by atoms with E-state index in [0.29, 0.717) is 0 Å². The van der Waals surface area contributed by atoms with Crippen molar-refractivity contribution in [3.63, 3.8) is 0 Å². The number of nitro benzene ring substituents is 1. The number of nitro groups is 1. The van der Waals surface area contributed by atoms with E-state index >= 15 is 0 Å². The zero-order valence-corrected chi connectivity index (χ0v) is 16.0. The highest BCUT2D eigenvalue weighted by atomic mass is 16.6. The normalized spacial score (nSPS) is 28.2. The highest BCUT2D eigenvalue weighted by molar-refractivity contribution is 6.06. The summed E-state index contributed by atoms with van der Waals surface area (Å²) in [5, 5.41) is 11.7. The van der Waals surface area contributed by atoms with Crippen molar-refractivity contribution in [1.82, 2.24) is 4.90 Å². The van der Waals surface area contributed by atoms with E-state index in [0.717, 1.165) is 17.7 Å². The van der Waals surface area contributed by atoms with Gasteiger partial charge in [0, 0.05) is 0 Å². The minimum absolute atomic E-state index is 0.0857. The topological polar surface area (TPSA) is 108 Å². The second-order valence-electron chi connectivity index (χ2n) is 7.38. The average Bonchev–Trinajstić information content (AvgIpc) is 3.38. The number of hydrogen-bond acceptors (Lipinski definition) is 7. The van der Waals surface area contributed by atoms with Crippen molar-refractivity contribution in [2.75, 3.05) is 13.7 Å². The maximum Gasteiger partial charge on any atom is 0.278 e. The predicted molar refractivity (Wildman–Crippen MR) is 99.1 cm³/mol. The second-order valence-corrected chi connectivity index (χ2v) is 7.38. The summed E-state index contributed by atoms with van der Waals surface area (Å²) < 4.78 is 16.4. The van der Waals surface area contributed by atoms with Crippen molar-refractivity contribution in [3.05, 3.63) is 27.8 Å². The Bertz CT molecular complexity index is 909. The molecule has 152 valence electrons. The minimum Gasteiger partial charge on any atom is -0.493 e. The smallest absolute Gasteiger partial charge is 0.278 e. The van der Waals surface area contributed by atoms with Crippen LogP contribution < -0.4 is 9.47 Å². The average molecular weight is 400 g/mol. The van der Waals surface area contributed by atoms with Gasteiger partial charge in [-0.3, -0.25) is 24.6 Å². The molecule has 29 heavy (non-hydrogen) atoms. The lowest BCUT2D eigenvalue weighted by Gasteiger charge is -2.25. The number of terminal acetylenes is 1. The lowest BCUT2D eigenvalue weighted by molar-refractivity contribution is -0.385. The Morgan fingerprint density at radius 1 is 1.28 bits per heavy atom. The summed E-state index contributed by atoms with van der Waals surface area (Å²) in [5.41, 5.74) is -0.0861. The third kappa shape index (κ3) is 2.83. The number of likely N-dealkylation sites (tertiary alicyclic amines) is 1. The molecule has 3 aliphatic rings. The molecule has 2 bridgehead atoms. The SMILES string of the molecule is C#CCOc1cc([N+](=O)[O-])c(C(C)N2C(=O)C3C4CCC(O4)C3C2=O)cc1OC. The van der Waals surface area contributed by atoms with E-state index in [1.165, 1.54) is 19.2 Å². The second kappa shape index (κ2) is 7.04. The summed E-state index contributed by atoms with van der Waals surface area (Å²) in [7, 11) is 1.39. The molecule has 3 fully saturated rings. The van der Waals surface area contributed by atoms with E-state index in [9.17, 15) is 19.7 Å². The lowest BCUT2D eigenvalue weighted by atomic mass is 9.81. The molecule has 3 saturated heterocycles. The maximum atomic E-state index is 13.0. The molecule has 3 heterocycles. The third-order valence-electron chi connectivity index (χ3n) is 5.98. The van der Waals surface area contributed by atoms with Crippen molar-refractivity contribution >= 4 is 17.5 Å². The van der Waals surface area contributed by atoms with Gasteiger partial charge in [-0.15, -0.1) is 6.42 Å². The number of rotatable bonds is 6. The van der Waals surface area contributed by atoms with Crippen LogP contribution in [0, 0.1) is 34.3 Å². The van der Waals surface area contributed by atoms with Crippen LogP contribution in [0.15, 0.2) is 12.1 Å². The molecule has 9 heteroatoms. The van der Waals surface area contributed by atoms with E-state index in [1.54, 1.807) is 6.92 Å². The number of carbonyl (C=O) groups excluding carboxylic acids is 2. The largest absolute Gasteiger partial charge is 0.493 e. The molecule has 1 aromatic carbocycles. The molecule has 5 atom stereocenters. The third-order valence-corrected chi connectivity index (χ3v) is 5.98. The van der Waals surface area contributed by atoms with E-state index in [-0.39, 0.29) is 53.4 Å². The number of imide groups is 1. The van der Waals surface area contributed by atoms with Gasteiger partial charge in [0.2, 0.25) is 11.8 Å². The van der Waals surface area contributed by atoms with Crippen LogP contribution in [-0.2, 0) is 14.3 Å². The first-order valence-corrected chi connectivity index (χ1v) is 9.34. The zero-order valence-electron chi connectivity index (χ0n) is 16.0. The zero-order chi connectivity index (χ0) is 20.9. The standard InChI is InChI=1S/C20H20N2O7/c1-4-7-28-16-9-12(22(25)26)11(8-15(16)27-3)10(2)21-19(23)17-13-5-6-14(29-13)18(17)20(21)24/h1,8-10,13-14,17-18H,5-7H2,2-3H3. The molecule has 0 spiro atoms. The number of fused-ring (bicyclic) bond motifs is 5. The molecular weight excluding hydrogens is 380 g/mol. The molecule has 0 N–H and O–H groups in total. The number of amides is 2. The molecule has 5 unspecified atom stereocenters. The van der Waals surface area contributed by atoms with Crippen molar-refractivity contribution in [3.8, 4) is 23.8 Å². The first kappa shape index (κ1) is 19.2.